The average Bonchev–Trinajstić information content (AvgIpc) is 3.00. The van der Waals surface area contributed by atoms with E-state index in [9.17, 15) is 0 Å². The molecule has 9 aromatic carbocycles. The van der Waals surface area contributed by atoms with Gasteiger partial charge in [-0.25, -0.2) is 0 Å². The van der Waals surface area contributed by atoms with Crippen LogP contribution >= 0.6 is 0 Å². The van der Waals surface area contributed by atoms with E-state index in [0.717, 1.165) is 0 Å². The summed E-state index contributed by atoms with van der Waals surface area (Å²) in [6.07, 6.45) is 0. The molecule has 0 spiro atoms. The molecule has 0 radical (unpaired) electrons. The van der Waals surface area contributed by atoms with Gasteiger partial charge in [-0.1, -0.05) is 133 Å². The third-order valence-corrected chi connectivity index (χ3v) is 8.00. The molecule has 0 aromatic heterocycles. The van der Waals surface area contributed by atoms with Crippen LogP contribution in [0.15, 0.2) is 146 Å². The van der Waals surface area contributed by atoms with E-state index in [1.807, 2.05) is 0 Å². The predicted molar refractivity (Wildman–Crippen MR) is 167 cm³/mol. The fourth-order valence-corrected chi connectivity index (χ4v) is 6.35. The zero-order valence-corrected chi connectivity index (χ0v) is 20.9. The summed E-state index contributed by atoms with van der Waals surface area (Å²) >= 11 is 0. The van der Waals surface area contributed by atoms with Crippen LogP contribution in [0.25, 0.3) is 75.4 Å². The van der Waals surface area contributed by atoms with Crippen LogP contribution in [-0.4, -0.2) is 0 Å². The van der Waals surface area contributed by atoms with Crippen molar-refractivity contribution in [1.82, 2.24) is 0 Å². The van der Waals surface area contributed by atoms with Crippen molar-refractivity contribution in [2.75, 3.05) is 0 Å². The second kappa shape index (κ2) is 8.30. The van der Waals surface area contributed by atoms with E-state index in [-0.39, 0.29) is 0 Å². The first-order valence-corrected chi connectivity index (χ1v) is 13.2. The Morgan fingerprint density at radius 3 is 0.816 bits per heavy atom. The van der Waals surface area contributed by atoms with E-state index >= 15 is 0 Å². The Kier molecular flexibility index (Phi) is 4.62. The predicted octanol–water partition coefficient (Wildman–Crippen LogP) is 10.9. The molecule has 0 atom stereocenters. The Bertz CT molecular complexity index is 2060. The molecular formula is C38H24. The number of rotatable bonds is 0. The first-order valence-electron chi connectivity index (χ1n) is 13.2. The van der Waals surface area contributed by atoms with Crippen LogP contribution in [0.4, 0.5) is 0 Å². The third-order valence-electron chi connectivity index (χ3n) is 8.00. The molecule has 0 fully saturated rings. The minimum Gasteiger partial charge on any atom is -0.0616 e. The van der Waals surface area contributed by atoms with E-state index < -0.39 is 0 Å². The molecule has 9 aromatic rings. The normalized spacial score (nSPS) is 11.7. The Morgan fingerprint density at radius 1 is 0.211 bits per heavy atom. The van der Waals surface area contributed by atoms with Crippen LogP contribution in [0.2, 0.25) is 0 Å². The lowest BCUT2D eigenvalue weighted by Crippen LogP contribution is -1.85. The van der Waals surface area contributed by atoms with Gasteiger partial charge in [0.25, 0.3) is 0 Å². The monoisotopic (exact) mass is 480 g/mol. The van der Waals surface area contributed by atoms with Crippen molar-refractivity contribution in [2.24, 2.45) is 0 Å². The SMILES string of the molecule is c1cc2cc(c1)c1ccccc1c1c3ccccc3c(c3ccccc3c3cccc2c3)c2ccccc21. The van der Waals surface area contributed by atoms with Crippen LogP contribution in [0.3, 0.4) is 0 Å². The van der Waals surface area contributed by atoms with Crippen molar-refractivity contribution in [3.63, 3.8) is 0 Å². The largest absolute Gasteiger partial charge is 0.0616 e. The van der Waals surface area contributed by atoms with E-state index in [2.05, 4.69) is 146 Å². The van der Waals surface area contributed by atoms with E-state index in [0.29, 0.717) is 0 Å². The molecule has 0 heterocycles. The van der Waals surface area contributed by atoms with E-state index in [1.165, 1.54) is 75.4 Å². The highest BCUT2D eigenvalue weighted by Crippen LogP contribution is 2.40. The van der Waals surface area contributed by atoms with Gasteiger partial charge in [-0.3, -0.25) is 0 Å². The molecule has 0 nitrogen and oxygen atoms in total. The summed E-state index contributed by atoms with van der Waals surface area (Å²) in [7, 11) is 0. The first-order chi connectivity index (χ1) is 18.9. The summed E-state index contributed by atoms with van der Waals surface area (Å²) in [4.78, 5) is 0. The molecule has 9 rings (SSSR count). The highest BCUT2D eigenvalue weighted by atomic mass is 14.1. The Balaban J connectivity index is 1.87. The van der Waals surface area contributed by atoms with Gasteiger partial charge in [-0.05, 0) is 87.5 Å². The summed E-state index contributed by atoms with van der Waals surface area (Å²) in [5, 5.41) is 17.7. The van der Waals surface area contributed by atoms with Gasteiger partial charge in [0.1, 0.15) is 0 Å². The first kappa shape index (κ1) is 21.2. The molecule has 38 heavy (non-hydrogen) atoms. The van der Waals surface area contributed by atoms with Crippen LogP contribution < -0.4 is 0 Å². The molecule has 0 aliphatic carbocycles. The fourth-order valence-electron chi connectivity index (χ4n) is 6.35. The zero-order chi connectivity index (χ0) is 25.1. The molecule has 0 saturated carbocycles. The third kappa shape index (κ3) is 3.11. The van der Waals surface area contributed by atoms with Crippen LogP contribution in [-0.2, 0) is 0 Å². The van der Waals surface area contributed by atoms with Crippen molar-refractivity contribution in [3.8, 4) is 0 Å². The molecule has 176 valence electrons. The van der Waals surface area contributed by atoms with Crippen LogP contribution in [0.1, 0.15) is 0 Å². The van der Waals surface area contributed by atoms with Crippen molar-refractivity contribution in [2.45, 2.75) is 0 Å². The van der Waals surface area contributed by atoms with Crippen molar-refractivity contribution in [3.05, 3.63) is 146 Å². The van der Waals surface area contributed by atoms with Gasteiger partial charge in [-0.15, -0.1) is 0 Å². The van der Waals surface area contributed by atoms with E-state index in [4.69, 9.17) is 0 Å². The van der Waals surface area contributed by atoms with Crippen LogP contribution in [0.5, 0.6) is 0 Å². The number of hydrogen-bond donors (Lipinski definition) is 0. The Hall–Kier alpha value is -4.94. The molecule has 0 amide bonds. The summed E-state index contributed by atoms with van der Waals surface area (Å²) in [6.45, 7) is 0. The quantitative estimate of drug-likeness (QED) is 0.189. The highest BCUT2D eigenvalue weighted by Gasteiger charge is 2.12. The summed E-state index contributed by atoms with van der Waals surface area (Å²) in [5.41, 5.74) is 0. The smallest absolute Gasteiger partial charge is 0.00201 e. The van der Waals surface area contributed by atoms with Gasteiger partial charge >= 0.3 is 0 Å². The minimum absolute atomic E-state index is 1.23. The molecular weight excluding hydrogens is 456 g/mol. The van der Waals surface area contributed by atoms with Gasteiger partial charge in [0, 0.05) is 0 Å². The Labute approximate surface area is 220 Å². The van der Waals surface area contributed by atoms with Crippen molar-refractivity contribution >= 4 is 75.4 Å². The highest BCUT2D eigenvalue weighted by molar-refractivity contribution is 6.35. The lowest BCUT2D eigenvalue weighted by atomic mass is 9.90. The van der Waals surface area contributed by atoms with E-state index in [1.54, 1.807) is 0 Å². The second-order valence-corrected chi connectivity index (χ2v) is 10.1. The summed E-state index contributed by atoms with van der Waals surface area (Å²) < 4.78 is 0. The summed E-state index contributed by atoms with van der Waals surface area (Å²) in [5.74, 6) is 0. The fraction of sp³-hybridized carbons (Fsp3) is 0. The summed E-state index contributed by atoms with van der Waals surface area (Å²) in [6, 6.07) is 53.6. The zero-order valence-electron chi connectivity index (χ0n) is 20.9. The van der Waals surface area contributed by atoms with Gasteiger partial charge in [-0.2, -0.15) is 0 Å². The molecule has 0 unspecified atom stereocenters. The lowest BCUT2D eigenvalue weighted by Gasteiger charge is -2.13. The van der Waals surface area contributed by atoms with Gasteiger partial charge < -0.3 is 0 Å². The van der Waals surface area contributed by atoms with Gasteiger partial charge in [0.2, 0.25) is 0 Å². The molecule has 0 aliphatic rings. The molecule has 6 bridgehead atoms. The van der Waals surface area contributed by atoms with Gasteiger partial charge in [0.15, 0.2) is 0 Å². The number of hydrogen-bond acceptors (Lipinski definition) is 0. The maximum Gasteiger partial charge on any atom is -0.00201 e. The number of benzene rings is 7. The molecule has 0 aliphatic heterocycles. The average molecular weight is 481 g/mol. The maximum absolute atomic E-state index is 2.34. The van der Waals surface area contributed by atoms with Crippen LogP contribution in [0, 0.1) is 0 Å². The van der Waals surface area contributed by atoms with Gasteiger partial charge in [0.05, 0.1) is 0 Å². The minimum atomic E-state index is 1.23. The topological polar surface area (TPSA) is 0 Å². The second-order valence-electron chi connectivity index (χ2n) is 10.1. The van der Waals surface area contributed by atoms with Crippen molar-refractivity contribution < 1.29 is 0 Å². The maximum atomic E-state index is 2.34. The Morgan fingerprint density at radius 2 is 0.474 bits per heavy atom. The lowest BCUT2D eigenvalue weighted by molar-refractivity contribution is 1.78. The van der Waals surface area contributed by atoms with Crippen molar-refractivity contribution in [1.29, 1.82) is 0 Å². The molecule has 0 heteroatoms. The standard InChI is InChI=1S/C38H24/c1-3-17-31-29(15-1)27-13-9-11-25(23-27)26-12-10-14-28(24-26)30-16-2-4-18-32(30)38-35-21-7-5-19-33(35)37(31)34-20-6-8-22-36(34)38/h1-24H. The molecule has 0 saturated heterocycles. The molecule has 0 N–H and O–H groups in total.